The fourth-order valence-corrected chi connectivity index (χ4v) is 1.46. The zero-order valence-electron chi connectivity index (χ0n) is 8.18. The first-order chi connectivity index (χ1) is 4.86. The minimum atomic E-state index is -0.0260. The summed E-state index contributed by atoms with van der Waals surface area (Å²) >= 11 is 0. The molecule has 1 heterocycles. The van der Waals surface area contributed by atoms with Crippen LogP contribution in [0.4, 0.5) is 0 Å². The van der Waals surface area contributed by atoms with Gasteiger partial charge in [-0.3, -0.25) is 9.89 Å². The van der Waals surface area contributed by atoms with E-state index in [0.717, 1.165) is 6.42 Å². The highest BCUT2D eigenvalue weighted by Crippen LogP contribution is 2.29. The molecule has 2 nitrogen and oxygen atoms in total. The highest BCUT2D eigenvalue weighted by molar-refractivity contribution is 5.60. The molecule has 0 saturated carbocycles. The van der Waals surface area contributed by atoms with Gasteiger partial charge in [0.2, 0.25) is 0 Å². The van der Waals surface area contributed by atoms with Gasteiger partial charge < -0.3 is 0 Å². The molecule has 0 bridgehead atoms. The maximum absolute atomic E-state index is 4.44. The van der Waals surface area contributed by atoms with E-state index in [0.29, 0.717) is 0 Å². The highest BCUT2D eigenvalue weighted by atomic mass is 15.3. The second-order valence-electron chi connectivity index (χ2n) is 4.38. The Balaban J connectivity index is 2.91. The molecule has 0 aliphatic carbocycles. The summed E-state index contributed by atoms with van der Waals surface area (Å²) in [5, 5.41) is 0. The summed E-state index contributed by atoms with van der Waals surface area (Å²) < 4.78 is 0. The van der Waals surface area contributed by atoms with E-state index in [1.54, 1.807) is 0 Å². The molecule has 11 heavy (non-hydrogen) atoms. The number of hydrogen-bond acceptors (Lipinski definition) is 2. The predicted octanol–water partition coefficient (Wildman–Crippen LogP) is 1.91. The lowest BCUT2D eigenvalue weighted by atomic mass is 9.94. The lowest BCUT2D eigenvalue weighted by Crippen LogP contribution is -2.54. The van der Waals surface area contributed by atoms with Crippen molar-refractivity contribution < 1.29 is 0 Å². The van der Waals surface area contributed by atoms with E-state index in [9.17, 15) is 0 Å². The van der Waals surface area contributed by atoms with Crippen LogP contribution in [0.3, 0.4) is 0 Å². The quantitative estimate of drug-likeness (QED) is 0.520. The van der Waals surface area contributed by atoms with Gasteiger partial charge in [-0.1, -0.05) is 0 Å². The first-order valence-corrected chi connectivity index (χ1v) is 4.14. The first-order valence-electron chi connectivity index (χ1n) is 4.14. The molecule has 0 unspecified atom stereocenters. The molecule has 0 atom stereocenters. The number of hydrogen-bond donors (Lipinski definition) is 0. The van der Waals surface area contributed by atoms with Gasteiger partial charge in [0, 0.05) is 18.2 Å². The van der Waals surface area contributed by atoms with Crippen LogP contribution < -0.4 is 0 Å². The Labute approximate surface area is 69.3 Å². The van der Waals surface area contributed by atoms with Gasteiger partial charge in [-0.2, -0.15) is 0 Å². The summed E-state index contributed by atoms with van der Waals surface area (Å²) in [7, 11) is 2.14. The largest absolute Gasteiger partial charge is 0.277 e. The fraction of sp³-hybridized carbons (Fsp3) is 0.889. The first kappa shape index (κ1) is 8.72. The van der Waals surface area contributed by atoms with Crippen LogP contribution >= 0.6 is 0 Å². The van der Waals surface area contributed by atoms with E-state index in [-0.39, 0.29) is 11.2 Å². The van der Waals surface area contributed by atoms with Gasteiger partial charge in [-0.05, 0) is 34.7 Å². The van der Waals surface area contributed by atoms with Crippen LogP contribution in [0.2, 0.25) is 0 Å². The Bertz CT molecular complexity index is 180. The molecule has 0 N–H and O–H groups in total. The van der Waals surface area contributed by atoms with Crippen LogP contribution in [0.5, 0.6) is 0 Å². The molecule has 0 fully saturated rings. The second-order valence-corrected chi connectivity index (χ2v) is 4.38. The van der Waals surface area contributed by atoms with Crippen molar-refractivity contribution >= 4 is 6.21 Å². The van der Waals surface area contributed by atoms with Crippen molar-refractivity contribution in [3.63, 3.8) is 0 Å². The highest BCUT2D eigenvalue weighted by Gasteiger charge is 2.36. The van der Waals surface area contributed by atoms with E-state index < -0.39 is 0 Å². The van der Waals surface area contributed by atoms with Crippen molar-refractivity contribution in [2.75, 3.05) is 7.05 Å². The van der Waals surface area contributed by atoms with Crippen LogP contribution in [0, 0.1) is 0 Å². The van der Waals surface area contributed by atoms with Gasteiger partial charge in [0.05, 0.1) is 0 Å². The zero-order chi connectivity index (χ0) is 8.70. The minimum absolute atomic E-state index is 0.0260. The van der Waals surface area contributed by atoms with Gasteiger partial charge in [-0.15, -0.1) is 0 Å². The summed E-state index contributed by atoms with van der Waals surface area (Å²) in [6.07, 6.45) is 3.09. The summed E-state index contributed by atoms with van der Waals surface area (Å²) in [5.41, 5.74) is 0.229. The van der Waals surface area contributed by atoms with Gasteiger partial charge in [0.25, 0.3) is 0 Å². The van der Waals surface area contributed by atoms with Crippen LogP contribution in [-0.4, -0.2) is 29.4 Å². The minimum Gasteiger partial charge on any atom is -0.277 e. The molecule has 0 amide bonds. The van der Waals surface area contributed by atoms with Crippen molar-refractivity contribution in [3.8, 4) is 0 Å². The van der Waals surface area contributed by atoms with E-state index in [4.69, 9.17) is 0 Å². The SMILES string of the molecule is CN1C(C)(C)CC=NC1(C)C. The van der Waals surface area contributed by atoms with Crippen molar-refractivity contribution in [2.24, 2.45) is 4.99 Å². The number of aliphatic imine (C=N–C) groups is 1. The molecule has 1 aliphatic heterocycles. The van der Waals surface area contributed by atoms with Crippen LogP contribution in [-0.2, 0) is 0 Å². The van der Waals surface area contributed by atoms with E-state index in [1.807, 2.05) is 6.21 Å². The number of rotatable bonds is 0. The zero-order valence-corrected chi connectivity index (χ0v) is 8.18. The van der Waals surface area contributed by atoms with E-state index in [2.05, 4.69) is 44.6 Å². The molecule has 1 rings (SSSR count). The van der Waals surface area contributed by atoms with Crippen LogP contribution in [0.15, 0.2) is 4.99 Å². The second kappa shape index (κ2) is 2.31. The molecule has 0 aromatic carbocycles. The summed E-state index contributed by atoms with van der Waals surface area (Å²) in [5.74, 6) is 0. The predicted molar refractivity (Wildman–Crippen MR) is 49.0 cm³/mol. The Morgan fingerprint density at radius 1 is 1.27 bits per heavy atom. The molecule has 64 valence electrons. The molecule has 0 aromatic heterocycles. The summed E-state index contributed by atoms with van der Waals surface area (Å²) in [6.45, 7) is 8.79. The lowest BCUT2D eigenvalue weighted by Gasteiger charge is -2.46. The Kier molecular flexibility index (Phi) is 1.83. The molecule has 1 aliphatic rings. The molecule has 0 aromatic rings. The molecule has 2 heteroatoms. The monoisotopic (exact) mass is 154 g/mol. The van der Waals surface area contributed by atoms with Crippen molar-refractivity contribution in [2.45, 2.75) is 45.3 Å². The van der Waals surface area contributed by atoms with Gasteiger partial charge in [0.1, 0.15) is 5.66 Å². The van der Waals surface area contributed by atoms with E-state index >= 15 is 0 Å². The van der Waals surface area contributed by atoms with Crippen molar-refractivity contribution in [1.29, 1.82) is 0 Å². The van der Waals surface area contributed by atoms with E-state index in [1.165, 1.54) is 0 Å². The van der Waals surface area contributed by atoms with Gasteiger partial charge in [-0.25, -0.2) is 0 Å². The summed E-state index contributed by atoms with van der Waals surface area (Å²) in [6, 6.07) is 0. The third-order valence-corrected chi connectivity index (χ3v) is 2.73. The molecule has 0 radical (unpaired) electrons. The Morgan fingerprint density at radius 3 is 2.18 bits per heavy atom. The average molecular weight is 154 g/mol. The maximum Gasteiger partial charge on any atom is 0.107 e. The van der Waals surface area contributed by atoms with Gasteiger partial charge >= 0.3 is 0 Å². The Morgan fingerprint density at radius 2 is 1.82 bits per heavy atom. The average Bonchev–Trinajstić information content (AvgIpc) is 1.82. The maximum atomic E-state index is 4.44. The molecular formula is C9H18N2. The van der Waals surface area contributed by atoms with Crippen molar-refractivity contribution in [3.05, 3.63) is 0 Å². The van der Waals surface area contributed by atoms with Gasteiger partial charge in [0.15, 0.2) is 0 Å². The molecule has 0 saturated heterocycles. The topological polar surface area (TPSA) is 15.6 Å². The van der Waals surface area contributed by atoms with Crippen molar-refractivity contribution in [1.82, 2.24) is 4.90 Å². The third-order valence-electron chi connectivity index (χ3n) is 2.73. The summed E-state index contributed by atoms with van der Waals surface area (Å²) in [4.78, 5) is 6.76. The normalized spacial score (nSPS) is 28.8. The van der Waals surface area contributed by atoms with Crippen LogP contribution in [0.25, 0.3) is 0 Å². The molecular weight excluding hydrogens is 136 g/mol. The fourth-order valence-electron chi connectivity index (χ4n) is 1.46. The number of nitrogens with zero attached hydrogens (tertiary/aromatic N) is 2. The standard InChI is InChI=1S/C9H18N2/c1-8(2)6-7-10-9(3,4)11(8)5/h7H,6H2,1-5H3. The lowest BCUT2D eigenvalue weighted by molar-refractivity contribution is 0.0460. The van der Waals surface area contributed by atoms with Crippen LogP contribution in [0.1, 0.15) is 34.1 Å². The smallest absolute Gasteiger partial charge is 0.107 e. The Hall–Kier alpha value is -0.370. The third kappa shape index (κ3) is 1.45. The molecule has 0 spiro atoms.